The van der Waals surface area contributed by atoms with Crippen molar-refractivity contribution in [2.75, 3.05) is 6.26 Å². The number of nitrogens with zero attached hydrogens (tertiary/aromatic N) is 1. The van der Waals surface area contributed by atoms with E-state index in [9.17, 15) is 0 Å². The lowest BCUT2D eigenvalue weighted by atomic mass is 11.4. The molecule has 0 atom stereocenters. The molecule has 0 saturated heterocycles. The zero-order chi connectivity index (χ0) is 4.12. The Bertz CT molecular complexity index is 34.6. The minimum Gasteiger partial charge on any atom is -0.389 e. The minimum absolute atomic E-state index is 1.27. The Morgan fingerprint density at radius 3 is 2.60 bits per heavy atom. The monoisotopic (exact) mass is 90.0 g/mol. The van der Waals surface area contributed by atoms with Gasteiger partial charge in [-0.05, 0) is 11.9 Å². The van der Waals surface area contributed by atoms with Gasteiger partial charge in [-0.15, -0.1) is 0 Å². The third-order valence-corrected chi connectivity index (χ3v) is 0.499. The van der Waals surface area contributed by atoms with Crippen molar-refractivity contribution in [2.24, 2.45) is 10.1 Å². The van der Waals surface area contributed by atoms with Crippen LogP contribution in [-0.4, -0.2) is 12.6 Å². The van der Waals surface area contributed by atoms with Gasteiger partial charge in [0.25, 0.3) is 0 Å². The van der Waals surface area contributed by atoms with Crippen LogP contribution in [-0.2, 0) is 0 Å². The summed E-state index contributed by atoms with van der Waals surface area (Å²) in [5.41, 5.74) is 4.83. The molecule has 5 heavy (non-hydrogen) atoms. The average molecular weight is 90.2 g/mol. The molecule has 0 saturated carbocycles. The summed E-state index contributed by atoms with van der Waals surface area (Å²) in [4.78, 5) is 0. The van der Waals surface area contributed by atoms with Crippen LogP contribution in [0.25, 0.3) is 0 Å². The van der Waals surface area contributed by atoms with Crippen LogP contribution >= 0.6 is 11.9 Å². The number of nitrogens with two attached hydrogens (primary N) is 1. The van der Waals surface area contributed by atoms with Gasteiger partial charge in [-0.1, -0.05) is 0 Å². The standard InChI is InChI=1S/C2H6N2S/c1-5-4-2-3/h2H,1H3,(H2,3,4). The van der Waals surface area contributed by atoms with E-state index >= 15 is 0 Å². The fraction of sp³-hybridized carbons (Fsp3) is 0.500. The van der Waals surface area contributed by atoms with E-state index in [0.29, 0.717) is 0 Å². The maximum atomic E-state index is 4.83. The lowest BCUT2D eigenvalue weighted by molar-refractivity contribution is 1.78. The molecule has 0 aliphatic carbocycles. The zero-order valence-corrected chi connectivity index (χ0v) is 3.83. The van der Waals surface area contributed by atoms with E-state index in [-0.39, 0.29) is 0 Å². The van der Waals surface area contributed by atoms with Gasteiger partial charge in [-0.25, -0.2) is 4.40 Å². The molecular weight excluding hydrogens is 84.1 g/mol. The van der Waals surface area contributed by atoms with Crippen molar-refractivity contribution in [2.45, 2.75) is 0 Å². The van der Waals surface area contributed by atoms with Crippen molar-refractivity contribution in [1.29, 1.82) is 0 Å². The fourth-order valence-electron chi connectivity index (χ4n) is 0.0609. The zero-order valence-electron chi connectivity index (χ0n) is 3.01. The van der Waals surface area contributed by atoms with Crippen LogP contribution in [0.3, 0.4) is 0 Å². The molecule has 0 aromatic rings. The molecule has 0 aliphatic heterocycles. The topological polar surface area (TPSA) is 38.4 Å². The minimum atomic E-state index is 1.27. The number of hydrogen-bond donors (Lipinski definition) is 1. The first-order valence-electron chi connectivity index (χ1n) is 1.18. The van der Waals surface area contributed by atoms with Crippen LogP contribution in [0.15, 0.2) is 4.40 Å². The molecule has 0 radical (unpaired) electrons. The van der Waals surface area contributed by atoms with E-state index < -0.39 is 0 Å². The van der Waals surface area contributed by atoms with Crippen molar-refractivity contribution in [3.63, 3.8) is 0 Å². The van der Waals surface area contributed by atoms with Gasteiger partial charge in [0.2, 0.25) is 0 Å². The van der Waals surface area contributed by atoms with Crippen LogP contribution in [0.1, 0.15) is 0 Å². The second kappa shape index (κ2) is 3.82. The molecule has 3 heteroatoms. The van der Waals surface area contributed by atoms with Gasteiger partial charge in [0, 0.05) is 6.26 Å². The highest BCUT2D eigenvalue weighted by Gasteiger charge is 1.51. The van der Waals surface area contributed by atoms with Crippen molar-refractivity contribution in [3.05, 3.63) is 0 Å². The van der Waals surface area contributed by atoms with Crippen LogP contribution in [0.4, 0.5) is 0 Å². The van der Waals surface area contributed by atoms with Crippen LogP contribution in [0, 0.1) is 0 Å². The van der Waals surface area contributed by atoms with Crippen molar-refractivity contribution in [1.82, 2.24) is 0 Å². The quantitative estimate of drug-likeness (QED) is 0.285. The molecule has 0 spiro atoms. The van der Waals surface area contributed by atoms with Gasteiger partial charge in [0.05, 0.1) is 6.34 Å². The highest BCUT2D eigenvalue weighted by atomic mass is 32.2. The van der Waals surface area contributed by atoms with Crippen LogP contribution in [0.5, 0.6) is 0 Å². The molecule has 0 bridgehead atoms. The summed E-state index contributed by atoms with van der Waals surface area (Å²) in [6.07, 6.45) is 3.12. The SMILES string of the molecule is CS/N=C\N. The summed E-state index contributed by atoms with van der Waals surface area (Å²) in [5, 5.41) is 0. The Morgan fingerprint density at radius 1 is 2.00 bits per heavy atom. The maximum Gasteiger partial charge on any atom is 0.0937 e. The molecule has 0 heterocycles. The molecule has 0 aromatic carbocycles. The first-order valence-corrected chi connectivity index (χ1v) is 2.36. The van der Waals surface area contributed by atoms with Crippen molar-refractivity contribution < 1.29 is 0 Å². The molecule has 2 nitrogen and oxygen atoms in total. The second-order valence-corrected chi connectivity index (χ2v) is 1.01. The molecule has 0 rings (SSSR count). The van der Waals surface area contributed by atoms with Gasteiger partial charge in [0.15, 0.2) is 0 Å². The molecule has 0 amide bonds. The normalized spacial score (nSPS) is 9.80. The van der Waals surface area contributed by atoms with E-state index in [0.717, 1.165) is 0 Å². The Balaban J connectivity index is 2.62. The van der Waals surface area contributed by atoms with Crippen LogP contribution in [0.2, 0.25) is 0 Å². The van der Waals surface area contributed by atoms with E-state index in [1.165, 1.54) is 18.3 Å². The Hall–Kier alpha value is -0.180. The number of hydrogen-bond acceptors (Lipinski definition) is 2. The fourth-order valence-corrected chi connectivity index (χ4v) is 0.183. The van der Waals surface area contributed by atoms with E-state index in [4.69, 9.17) is 5.73 Å². The molecule has 30 valence electrons. The summed E-state index contributed by atoms with van der Waals surface area (Å²) < 4.78 is 3.54. The molecule has 0 fully saturated rings. The number of rotatable bonds is 1. The smallest absolute Gasteiger partial charge is 0.0937 e. The third-order valence-electron chi connectivity index (χ3n) is 0.166. The first kappa shape index (κ1) is 4.82. The van der Waals surface area contributed by atoms with Gasteiger partial charge in [-0.2, -0.15) is 0 Å². The largest absolute Gasteiger partial charge is 0.389 e. The third kappa shape index (κ3) is 3.82. The maximum absolute atomic E-state index is 4.83. The summed E-state index contributed by atoms with van der Waals surface area (Å²) >= 11 is 1.35. The van der Waals surface area contributed by atoms with Gasteiger partial charge >= 0.3 is 0 Å². The van der Waals surface area contributed by atoms with Gasteiger partial charge in [-0.3, -0.25) is 0 Å². The predicted octanol–water partition coefficient (Wildman–Crippen LogP) is 0.251. The predicted molar refractivity (Wildman–Crippen MR) is 26.2 cm³/mol. The average Bonchev–Trinajstić information content (AvgIpc) is 1.41. The molecule has 2 N–H and O–H groups in total. The second-order valence-electron chi connectivity index (χ2n) is 0.437. The molecule has 0 aromatic heterocycles. The summed E-state index contributed by atoms with van der Waals surface area (Å²) in [5.74, 6) is 0. The molecule has 0 unspecified atom stereocenters. The first-order chi connectivity index (χ1) is 2.41. The Labute approximate surface area is 35.6 Å². The summed E-state index contributed by atoms with van der Waals surface area (Å²) in [6.45, 7) is 0. The summed E-state index contributed by atoms with van der Waals surface area (Å²) in [6, 6.07) is 0. The van der Waals surface area contributed by atoms with E-state index in [1.807, 2.05) is 6.26 Å². The van der Waals surface area contributed by atoms with E-state index in [2.05, 4.69) is 4.40 Å². The van der Waals surface area contributed by atoms with Crippen LogP contribution < -0.4 is 5.73 Å². The highest BCUT2D eigenvalue weighted by Crippen LogP contribution is 1.85. The Kier molecular flexibility index (Phi) is 3.68. The van der Waals surface area contributed by atoms with Crippen molar-refractivity contribution >= 4 is 18.3 Å². The highest BCUT2D eigenvalue weighted by molar-refractivity contribution is 7.97. The lowest BCUT2D eigenvalue weighted by Crippen LogP contribution is -1.84. The van der Waals surface area contributed by atoms with Gasteiger partial charge in [0.1, 0.15) is 0 Å². The summed E-state index contributed by atoms with van der Waals surface area (Å²) in [7, 11) is 0. The van der Waals surface area contributed by atoms with E-state index in [1.54, 1.807) is 0 Å². The van der Waals surface area contributed by atoms with Gasteiger partial charge < -0.3 is 5.73 Å². The Morgan fingerprint density at radius 2 is 2.60 bits per heavy atom. The lowest BCUT2D eigenvalue weighted by Gasteiger charge is -1.67. The molecular formula is C2H6N2S. The molecule has 0 aliphatic rings. The van der Waals surface area contributed by atoms with Crippen molar-refractivity contribution in [3.8, 4) is 0 Å².